The number of aromatic nitrogens is 2. The molecule has 6 heteroatoms. The van der Waals surface area contributed by atoms with Crippen LogP contribution in [-0.4, -0.2) is 34.2 Å². The molecular formula is C11H11ClN2O3. The van der Waals surface area contributed by atoms with Crippen molar-refractivity contribution in [2.24, 2.45) is 0 Å². The second-order valence-electron chi connectivity index (χ2n) is 3.42. The maximum Gasteiger partial charge on any atom is 0.355 e. The van der Waals surface area contributed by atoms with Crippen LogP contribution in [-0.2, 0) is 11.2 Å². The maximum absolute atomic E-state index is 11.6. The number of nitrogens with zero attached hydrogens (tertiary/aromatic N) is 2. The van der Waals surface area contributed by atoms with Crippen LogP contribution in [0.3, 0.4) is 0 Å². The van der Waals surface area contributed by atoms with Gasteiger partial charge in [-0.2, -0.15) is 0 Å². The summed E-state index contributed by atoms with van der Waals surface area (Å²) in [6.07, 6.45) is 0.321. The van der Waals surface area contributed by atoms with E-state index < -0.39 is 5.97 Å². The number of hydrogen-bond acceptors (Lipinski definition) is 4. The minimum atomic E-state index is -0.469. The molecule has 2 rings (SSSR count). The highest BCUT2D eigenvalue weighted by atomic mass is 35.5. The number of halogens is 1. The highest BCUT2D eigenvalue weighted by molar-refractivity contribution is 6.32. The molecule has 0 fully saturated rings. The zero-order valence-electron chi connectivity index (χ0n) is 9.18. The number of imidazole rings is 1. The van der Waals surface area contributed by atoms with Crippen molar-refractivity contribution in [3.8, 4) is 0 Å². The Balaban J connectivity index is 2.71. The summed E-state index contributed by atoms with van der Waals surface area (Å²) >= 11 is 5.97. The van der Waals surface area contributed by atoms with Crippen molar-refractivity contribution in [3.63, 3.8) is 0 Å². The van der Waals surface area contributed by atoms with Gasteiger partial charge in [-0.05, 0) is 12.1 Å². The molecule has 0 aromatic carbocycles. The lowest BCUT2D eigenvalue weighted by Crippen LogP contribution is -2.10. The summed E-state index contributed by atoms with van der Waals surface area (Å²) in [6.45, 7) is -0.0645. The van der Waals surface area contributed by atoms with E-state index in [9.17, 15) is 4.79 Å². The van der Waals surface area contributed by atoms with Crippen LogP contribution in [0.25, 0.3) is 5.52 Å². The minimum Gasteiger partial charge on any atom is -0.464 e. The molecule has 90 valence electrons. The number of aliphatic hydroxyl groups is 1. The SMILES string of the molecule is COC(=O)c1cccc2c(Cl)nc(CCO)n12. The van der Waals surface area contributed by atoms with Gasteiger partial charge in [-0.3, -0.25) is 4.40 Å². The van der Waals surface area contributed by atoms with E-state index in [4.69, 9.17) is 21.4 Å². The van der Waals surface area contributed by atoms with Crippen molar-refractivity contribution >= 4 is 23.1 Å². The van der Waals surface area contributed by atoms with E-state index in [2.05, 4.69) is 4.98 Å². The zero-order valence-corrected chi connectivity index (χ0v) is 9.94. The van der Waals surface area contributed by atoms with E-state index in [0.29, 0.717) is 28.6 Å². The molecule has 5 nitrogen and oxygen atoms in total. The summed E-state index contributed by atoms with van der Waals surface area (Å²) in [4.78, 5) is 15.7. The monoisotopic (exact) mass is 254 g/mol. The molecule has 0 aliphatic heterocycles. The normalized spacial score (nSPS) is 10.8. The molecule has 0 bridgehead atoms. The van der Waals surface area contributed by atoms with E-state index in [1.165, 1.54) is 7.11 Å². The number of aliphatic hydroxyl groups excluding tert-OH is 1. The largest absolute Gasteiger partial charge is 0.464 e. The van der Waals surface area contributed by atoms with Gasteiger partial charge in [0.1, 0.15) is 11.5 Å². The first kappa shape index (κ1) is 11.9. The third-order valence-corrected chi connectivity index (χ3v) is 2.69. The highest BCUT2D eigenvalue weighted by Crippen LogP contribution is 2.21. The van der Waals surface area contributed by atoms with Crippen molar-refractivity contribution in [1.29, 1.82) is 0 Å². The molecule has 0 spiro atoms. The lowest BCUT2D eigenvalue weighted by Gasteiger charge is -2.05. The van der Waals surface area contributed by atoms with Crippen molar-refractivity contribution in [2.75, 3.05) is 13.7 Å². The summed E-state index contributed by atoms with van der Waals surface area (Å²) < 4.78 is 6.30. The molecule has 0 saturated carbocycles. The number of pyridine rings is 1. The Morgan fingerprint density at radius 3 is 3.00 bits per heavy atom. The van der Waals surface area contributed by atoms with Gasteiger partial charge in [-0.1, -0.05) is 17.7 Å². The van der Waals surface area contributed by atoms with Crippen molar-refractivity contribution in [1.82, 2.24) is 9.38 Å². The molecule has 2 heterocycles. The number of ether oxygens (including phenoxy) is 1. The number of rotatable bonds is 3. The summed E-state index contributed by atoms with van der Waals surface area (Å²) in [5.74, 6) is 0.0670. The molecular weight excluding hydrogens is 244 g/mol. The number of carbonyl (C=O) groups is 1. The Morgan fingerprint density at radius 1 is 1.59 bits per heavy atom. The van der Waals surface area contributed by atoms with Crippen molar-refractivity contribution in [2.45, 2.75) is 6.42 Å². The second-order valence-corrected chi connectivity index (χ2v) is 3.77. The van der Waals surface area contributed by atoms with Gasteiger partial charge in [-0.25, -0.2) is 9.78 Å². The summed E-state index contributed by atoms with van der Waals surface area (Å²) in [7, 11) is 1.31. The summed E-state index contributed by atoms with van der Waals surface area (Å²) in [5.41, 5.74) is 0.964. The molecule has 0 atom stereocenters. The fourth-order valence-corrected chi connectivity index (χ4v) is 1.95. The summed E-state index contributed by atoms with van der Waals surface area (Å²) in [5, 5.41) is 9.27. The van der Waals surface area contributed by atoms with Gasteiger partial charge < -0.3 is 9.84 Å². The fourth-order valence-electron chi connectivity index (χ4n) is 1.70. The first-order chi connectivity index (χ1) is 8.19. The molecule has 2 aromatic heterocycles. The number of esters is 1. The number of hydrogen-bond donors (Lipinski definition) is 1. The second kappa shape index (κ2) is 4.73. The van der Waals surface area contributed by atoms with Gasteiger partial charge in [0.05, 0.1) is 19.2 Å². The van der Waals surface area contributed by atoms with E-state index in [1.54, 1.807) is 22.6 Å². The van der Waals surface area contributed by atoms with Gasteiger partial charge >= 0.3 is 5.97 Å². The third-order valence-electron chi connectivity index (χ3n) is 2.42. The molecule has 0 amide bonds. The van der Waals surface area contributed by atoms with Crippen molar-refractivity contribution in [3.05, 3.63) is 34.9 Å². The van der Waals surface area contributed by atoms with Gasteiger partial charge in [-0.15, -0.1) is 0 Å². The van der Waals surface area contributed by atoms with Crippen LogP contribution in [0.15, 0.2) is 18.2 Å². The molecule has 0 unspecified atom stereocenters. The van der Waals surface area contributed by atoms with Crippen LogP contribution < -0.4 is 0 Å². The molecule has 0 aliphatic rings. The van der Waals surface area contributed by atoms with Crippen molar-refractivity contribution < 1.29 is 14.6 Å². The molecule has 0 radical (unpaired) electrons. The Labute approximate surface area is 103 Å². The molecule has 0 aliphatic carbocycles. The van der Waals surface area contributed by atoms with E-state index >= 15 is 0 Å². The minimum absolute atomic E-state index is 0.0645. The predicted octanol–water partition coefficient (Wildman–Crippen LogP) is 1.31. The third kappa shape index (κ3) is 1.99. The lowest BCUT2D eigenvalue weighted by atomic mass is 10.3. The average molecular weight is 255 g/mol. The first-order valence-electron chi connectivity index (χ1n) is 5.04. The Hall–Kier alpha value is -1.59. The maximum atomic E-state index is 11.6. The highest BCUT2D eigenvalue weighted by Gasteiger charge is 2.16. The van der Waals surface area contributed by atoms with E-state index in [-0.39, 0.29) is 6.61 Å². The van der Waals surface area contributed by atoms with Gasteiger partial charge in [0.15, 0.2) is 5.15 Å². The lowest BCUT2D eigenvalue weighted by molar-refractivity contribution is 0.0591. The molecule has 2 aromatic rings. The van der Waals surface area contributed by atoms with Crippen LogP contribution in [0.4, 0.5) is 0 Å². The Kier molecular flexibility index (Phi) is 3.31. The molecule has 17 heavy (non-hydrogen) atoms. The van der Waals surface area contributed by atoms with Crippen LogP contribution in [0.2, 0.25) is 5.15 Å². The quantitative estimate of drug-likeness (QED) is 0.839. The van der Waals surface area contributed by atoms with Crippen LogP contribution in [0.5, 0.6) is 0 Å². The predicted molar refractivity (Wildman–Crippen MR) is 62.3 cm³/mol. The van der Waals surface area contributed by atoms with Crippen LogP contribution in [0, 0.1) is 0 Å². The fraction of sp³-hybridized carbons (Fsp3) is 0.273. The smallest absolute Gasteiger partial charge is 0.355 e. The average Bonchev–Trinajstić information content (AvgIpc) is 2.66. The Bertz CT molecular complexity index is 565. The number of carbonyl (C=O) groups excluding carboxylic acids is 1. The molecule has 0 saturated heterocycles. The van der Waals surface area contributed by atoms with E-state index in [1.807, 2.05) is 0 Å². The van der Waals surface area contributed by atoms with Gasteiger partial charge in [0.25, 0.3) is 0 Å². The van der Waals surface area contributed by atoms with Crippen LogP contribution in [0.1, 0.15) is 16.3 Å². The summed E-state index contributed by atoms with van der Waals surface area (Å²) in [6, 6.07) is 5.08. The first-order valence-corrected chi connectivity index (χ1v) is 5.42. The number of methoxy groups -OCH3 is 1. The van der Waals surface area contributed by atoms with Crippen LogP contribution >= 0.6 is 11.6 Å². The van der Waals surface area contributed by atoms with Gasteiger partial charge in [0, 0.05) is 6.42 Å². The topological polar surface area (TPSA) is 63.8 Å². The number of fused-ring (bicyclic) bond motifs is 1. The standard InChI is InChI=1S/C11H11ClN2O3/c1-17-11(16)8-4-2-3-7-10(12)13-9(5-6-15)14(7)8/h2-4,15H,5-6H2,1H3. The van der Waals surface area contributed by atoms with E-state index in [0.717, 1.165) is 0 Å². The zero-order chi connectivity index (χ0) is 12.4. The molecule has 1 N–H and O–H groups in total. The van der Waals surface area contributed by atoms with Gasteiger partial charge in [0.2, 0.25) is 0 Å². The Morgan fingerprint density at radius 2 is 2.35 bits per heavy atom.